The molecule has 216 valence electrons. The Kier molecular flexibility index (Phi) is 7.43. The van der Waals surface area contributed by atoms with Gasteiger partial charge in [-0.1, -0.05) is 18.2 Å². The van der Waals surface area contributed by atoms with Gasteiger partial charge in [0.15, 0.2) is 17.6 Å². The minimum atomic E-state index is -0.585. The largest absolute Gasteiger partial charge is 0.494 e. The van der Waals surface area contributed by atoms with Gasteiger partial charge in [0.25, 0.3) is 0 Å². The molecule has 4 aromatic rings. The lowest BCUT2D eigenvalue weighted by molar-refractivity contribution is 0.0600. The van der Waals surface area contributed by atoms with Gasteiger partial charge in [0.05, 0.1) is 43.5 Å². The molecule has 0 N–H and O–H groups in total. The fourth-order valence-corrected chi connectivity index (χ4v) is 5.90. The molecule has 0 aliphatic carbocycles. The number of aromatic nitrogens is 2. The van der Waals surface area contributed by atoms with E-state index >= 15 is 0 Å². The van der Waals surface area contributed by atoms with Crippen molar-refractivity contribution in [2.75, 3.05) is 33.9 Å². The third kappa shape index (κ3) is 5.01. The summed E-state index contributed by atoms with van der Waals surface area (Å²) >= 11 is 0. The van der Waals surface area contributed by atoms with Gasteiger partial charge < -0.3 is 23.5 Å². The lowest BCUT2D eigenvalue weighted by atomic mass is 9.88. The second-order valence-corrected chi connectivity index (χ2v) is 10.6. The molecule has 1 aromatic heterocycles. The van der Waals surface area contributed by atoms with Crippen LogP contribution in [0.2, 0.25) is 0 Å². The van der Waals surface area contributed by atoms with E-state index in [1.807, 2.05) is 29.8 Å². The molecule has 2 aliphatic heterocycles. The first-order valence-electron chi connectivity index (χ1n) is 13.9. The number of nitrogens with zero attached hydrogens (tertiary/aromatic N) is 4. The summed E-state index contributed by atoms with van der Waals surface area (Å²) in [7, 11) is 4.87. The van der Waals surface area contributed by atoms with Crippen LogP contribution in [0.5, 0.6) is 17.2 Å². The molecule has 10 heteroatoms. The summed E-state index contributed by atoms with van der Waals surface area (Å²) in [5.41, 5.74) is 3.69. The van der Waals surface area contributed by atoms with Crippen LogP contribution in [-0.2, 0) is 18.3 Å². The minimum Gasteiger partial charge on any atom is -0.494 e. The summed E-state index contributed by atoms with van der Waals surface area (Å²) in [4.78, 5) is 19.4. The molecule has 2 aliphatic rings. The summed E-state index contributed by atoms with van der Waals surface area (Å²) in [5, 5.41) is 9.03. The highest BCUT2D eigenvalue weighted by molar-refractivity contribution is 5.96. The highest BCUT2D eigenvalue weighted by Crippen LogP contribution is 2.44. The summed E-state index contributed by atoms with van der Waals surface area (Å²) in [6.45, 7) is 2.61. The Morgan fingerprint density at radius 3 is 2.67 bits per heavy atom. The highest BCUT2D eigenvalue weighted by Gasteiger charge is 2.31. The molecule has 6 rings (SSSR count). The van der Waals surface area contributed by atoms with Crippen LogP contribution in [0.1, 0.15) is 57.7 Å². The number of nitriles is 1. The molecule has 1 fully saturated rings. The SMILES string of the molecule is COC(=O)c1cc(OC)c2nc(CN3CCC(c4cccc5c4OC[C@@H](c4ccc(C#N)cc4F)O5)CC3)n(C)c2c1. The Balaban J connectivity index is 1.15. The molecule has 3 aromatic carbocycles. The van der Waals surface area contributed by atoms with Crippen molar-refractivity contribution >= 4 is 17.0 Å². The van der Waals surface area contributed by atoms with E-state index in [2.05, 4.69) is 11.0 Å². The zero-order valence-corrected chi connectivity index (χ0v) is 23.7. The van der Waals surface area contributed by atoms with Gasteiger partial charge >= 0.3 is 5.97 Å². The summed E-state index contributed by atoms with van der Waals surface area (Å²) in [6, 6.07) is 15.7. The number of imidazole rings is 1. The molecule has 0 unspecified atom stereocenters. The lowest BCUT2D eigenvalue weighted by Crippen LogP contribution is -2.33. The summed E-state index contributed by atoms with van der Waals surface area (Å²) in [6.07, 6.45) is 1.29. The van der Waals surface area contributed by atoms with Crippen molar-refractivity contribution < 1.29 is 28.1 Å². The number of hydrogen-bond donors (Lipinski definition) is 0. The van der Waals surface area contributed by atoms with Gasteiger partial charge in [-0.3, -0.25) is 4.90 Å². The number of aryl methyl sites for hydroxylation is 1. The van der Waals surface area contributed by atoms with E-state index < -0.39 is 17.9 Å². The topological polar surface area (TPSA) is 98.8 Å². The van der Waals surface area contributed by atoms with Crippen LogP contribution in [0.3, 0.4) is 0 Å². The molecular weight excluding hydrogens is 539 g/mol. The first kappa shape index (κ1) is 27.5. The van der Waals surface area contributed by atoms with Gasteiger partial charge in [0, 0.05) is 18.2 Å². The fourth-order valence-electron chi connectivity index (χ4n) is 5.90. The number of halogens is 1. The second-order valence-electron chi connectivity index (χ2n) is 10.6. The van der Waals surface area contributed by atoms with Crippen molar-refractivity contribution in [3.8, 4) is 23.3 Å². The molecule has 0 bridgehead atoms. The van der Waals surface area contributed by atoms with Gasteiger partial charge in [0.1, 0.15) is 29.5 Å². The number of benzene rings is 3. The number of para-hydroxylation sites is 1. The van der Waals surface area contributed by atoms with Crippen molar-refractivity contribution in [1.82, 2.24) is 14.5 Å². The standard InChI is InChI=1S/C32H31FN4O5/c1-36-25-14-21(32(38)40-3)15-27(39-2)30(25)35-29(36)17-37-11-9-20(10-12-37)22-5-4-6-26-31(22)41-18-28(42-26)23-8-7-19(16-34)13-24(23)33/h4-8,13-15,20,28H,9-12,17-18H2,1-3H3/t28-/m0/s1. The van der Waals surface area contributed by atoms with Crippen LogP contribution >= 0.6 is 0 Å². The van der Waals surface area contributed by atoms with E-state index in [0.29, 0.717) is 40.6 Å². The van der Waals surface area contributed by atoms with Gasteiger partial charge in [-0.15, -0.1) is 0 Å². The van der Waals surface area contributed by atoms with Crippen LogP contribution < -0.4 is 14.2 Å². The predicted octanol–water partition coefficient (Wildman–Crippen LogP) is 5.27. The number of carbonyl (C=O) groups is 1. The number of carbonyl (C=O) groups excluding carboxylic acids is 1. The van der Waals surface area contributed by atoms with E-state index in [-0.39, 0.29) is 12.2 Å². The van der Waals surface area contributed by atoms with Crippen LogP contribution in [0.25, 0.3) is 11.0 Å². The van der Waals surface area contributed by atoms with E-state index in [4.69, 9.17) is 29.2 Å². The zero-order valence-electron chi connectivity index (χ0n) is 23.7. The Morgan fingerprint density at radius 1 is 1.14 bits per heavy atom. The zero-order chi connectivity index (χ0) is 29.4. The molecule has 3 heterocycles. The Morgan fingerprint density at radius 2 is 1.95 bits per heavy atom. The number of esters is 1. The van der Waals surface area contributed by atoms with Crippen molar-refractivity contribution in [3.63, 3.8) is 0 Å². The molecular formula is C32H31FN4O5. The van der Waals surface area contributed by atoms with Crippen molar-refractivity contribution in [2.24, 2.45) is 7.05 Å². The number of likely N-dealkylation sites (tertiary alicyclic amines) is 1. The predicted molar refractivity (Wildman–Crippen MR) is 152 cm³/mol. The Hall–Kier alpha value is -4.62. The third-order valence-corrected chi connectivity index (χ3v) is 8.21. The number of hydrogen-bond acceptors (Lipinski definition) is 8. The smallest absolute Gasteiger partial charge is 0.338 e. The number of ether oxygens (including phenoxy) is 4. The molecule has 0 radical (unpaired) electrons. The van der Waals surface area contributed by atoms with Crippen LogP contribution in [0, 0.1) is 17.1 Å². The average molecular weight is 571 g/mol. The van der Waals surface area contributed by atoms with Gasteiger partial charge in [0.2, 0.25) is 0 Å². The molecule has 42 heavy (non-hydrogen) atoms. The second kappa shape index (κ2) is 11.3. The van der Waals surface area contributed by atoms with Crippen LogP contribution in [0.15, 0.2) is 48.5 Å². The Labute approximate surface area is 243 Å². The monoisotopic (exact) mass is 570 g/mol. The molecule has 0 amide bonds. The molecule has 0 spiro atoms. The van der Waals surface area contributed by atoms with Crippen LogP contribution in [-0.4, -0.2) is 54.3 Å². The fraction of sp³-hybridized carbons (Fsp3) is 0.344. The average Bonchev–Trinajstić information content (AvgIpc) is 3.34. The maximum Gasteiger partial charge on any atom is 0.338 e. The number of fused-ring (bicyclic) bond motifs is 2. The maximum absolute atomic E-state index is 14.6. The van der Waals surface area contributed by atoms with Crippen molar-refractivity contribution in [3.05, 3.63) is 82.4 Å². The summed E-state index contributed by atoms with van der Waals surface area (Å²) in [5.74, 6) is 2.16. The van der Waals surface area contributed by atoms with Crippen molar-refractivity contribution in [2.45, 2.75) is 31.4 Å². The number of piperidine rings is 1. The Bertz CT molecular complexity index is 1700. The maximum atomic E-state index is 14.6. The first-order chi connectivity index (χ1) is 20.4. The van der Waals surface area contributed by atoms with E-state index in [9.17, 15) is 9.18 Å². The molecule has 1 saturated heterocycles. The lowest BCUT2D eigenvalue weighted by Gasteiger charge is -2.34. The molecule has 0 saturated carbocycles. The third-order valence-electron chi connectivity index (χ3n) is 8.21. The quantitative estimate of drug-likeness (QED) is 0.289. The summed E-state index contributed by atoms with van der Waals surface area (Å²) < 4.78 is 39.4. The van der Waals surface area contributed by atoms with E-state index in [0.717, 1.165) is 48.6 Å². The number of methoxy groups -OCH3 is 2. The van der Waals surface area contributed by atoms with Gasteiger partial charge in [-0.05, 0) is 62.2 Å². The normalized spacial score (nSPS) is 17.2. The first-order valence-corrected chi connectivity index (χ1v) is 13.9. The van der Waals surface area contributed by atoms with Crippen LogP contribution in [0.4, 0.5) is 4.39 Å². The molecule has 1 atom stereocenters. The van der Waals surface area contributed by atoms with E-state index in [1.54, 1.807) is 31.4 Å². The van der Waals surface area contributed by atoms with Gasteiger partial charge in [-0.2, -0.15) is 5.26 Å². The highest BCUT2D eigenvalue weighted by atomic mass is 19.1. The minimum absolute atomic E-state index is 0.194. The number of rotatable bonds is 6. The molecule has 9 nitrogen and oxygen atoms in total. The van der Waals surface area contributed by atoms with E-state index in [1.165, 1.54) is 13.2 Å². The van der Waals surface area contributed by atoms with Crippen molar-refractivity contribution in [1.29, 1.82) is 5.26 Å². The van der Waals surface area contributed by atoms with Gasteiger partial charge in [-0.25, -0.2) is 14.2 Å².